The summed E-state index contributed by atoms with van der Waals surface area (Å²) >= 11 is 5.91. The molecule has 0 aliphatic heterocycles. The first-order valence-corrected chi connectivity index (χ1v) is 6.65. The van der Waals surface area contributed by atoms with Gasteiger partial charge in [0.2, 0.25) is 0 Å². The van der Waals surface area contributed by atoms with Crippen LogP contribution in [0, 0.1) is 0 Å². The molecule has 1 rings (SSSR count). The fourth-order valence-corrected chi connectivity index (χ4v) is 2.98. The van der Waals surface area contributed by atoms with Gasteiger partial charge in [-0.15, -0.1) is 0 Å². The van der Waals surface area contributed by atoms with Gasteiger partial charge in [0.15, 0.2) is 0 Å². The van der Waals surface area contributed by atoms with Crippen LogP contribution in [0.15, 0.2) is 24.3 Å². The fraction of sp³-hybridized carbons (Fsp3) is 0.364. The van der Waals surface area contributed by atoms with Crippen molar-refractivity contribution >= 4 is 28.4 Å². The Bertz CT molecular complexity index is 406. The summed E-state index contributed by atoms with van der Waals surface area (Å²) < 4.78 is 11.8. The van der Waals surface area contributed by atoms with Gasteiger partial charge in [-0.1, -0.05) is 36.7 Å². The molecule has 0 radical (unpaired) electrons. The molecule has 0 heterocycles. The van der Waals surface area contributed by atoms with Crippen LogP contribution in [0.4, 0.5) is 0 Å². The standard InChI is InChI=1S/C11H13ClO3S/c1-2-10(11(13)14)16(15)7-8-5-3-4-6-9(8)12/h3-6,10H,2,7H2,1H3,(H,13,14). The molecule has 0 aliphatic rings. The molecule has 0 aliphatic carbocycles. The molecule has 1 aromatic rings. The third-order valence-electron chi connectivity index (χ3n) is 2.22. The first-order chi connectivity index (χ1) is 7.56. The zero-order valence-electron chi connectivity index (χ0n) is 8.85. The molecular formula is C11H13ClO3S. The molecule has 88 valence electrons. The third-order valence-corrected chi connectivity index (χ3v) is 4.35. The van der Waals surface area contributed by atoms with Gasteiger partial charge in [0.05, 0.1) is 5.75 Å². The van der Waals surface area contributed by atoms with Crippen LogP contribution in [0.5, 0.6) is 0 Å². The summed E-state index contributed by atoms with van der Waals surface area (Å²) in [6.07, 6.45) is 0.354. The van der Waals surface area contributed by atoms with Gasteiger partial charge in [-0.2, -0.15) is 0 Å². The first-order valence-electron chi connectivity index (χ1n) is 4.89. The molecule has 0 saturated carbocycles. The number of rotatable bonds is 5. The number of hydrogen-bond donors (Lipinski definition) is 1. The van der Waals surface area contributed by atoms with Crippen LogP contribution >= 0.6 is 11.6 Å². The lowest BCUT2D eigenvalue weighted by Crippen LogP contribution is -2.25. The summed E-state index contributed by atoms with van der Waals surface area (Å²) in [7, 11) is -1.43. The number of carboxylic acids is 1. The van der Waals surface area contributed by atoms with Gasteiger partial charge >= 0.3 is 5.97 Å². The SMILES string of the molecule is CCC(C(=O)O)S(=O)Cc1ccccc1Cl. The smallest absolute Gasteiger partial charge is 0.319 e. The van der Waals surface area contributed by atoms with Gasteiger partial charge in [0.25, 0.3) is 0 Å². The summed E-state index contributed by atoms with van der Waals surface area (Å²) in [5.41, 5.74) is 0.724. The van der Waals surface area contributed by atoms with Crippen LogP contribution < -0.4 is 0 Å². The van der Waals surface area contributed by atoms with E-state index >= 15 is 0 Å². The van der Waals surface area contributed by atoms with E-state index in [1.807, 2.05) is 0 Å². The third kappa shape index (κ3) is 3.32. The van der Waals surface area contributed by atoms with Crippen molar-refractivity contribution in [2.24, 2.45) is 0 Å². The van der Waals surface area contributed by atoms with Crippen LogP contribution in [-0.2, 0) is 21.3 Å². The topological polar surface area (TPSA) is 54.4 Å². The fourth-order valence-electron chi connectivity index (χ4n) is 1.34. The predicted octanol–water partition coefficient (Wildman–Crippen LogP) is 2.45. The van der Waals surface area contributed by atoms with E-state index in [1.54, 1.807) is 31.2 Å². The van der Waals surface area contributed by atoms with Crippen molar-refractivity contribution in [2.45, 2.75) is 24.3 Å². The minimum absolute atomic E-state index is 0.185. The number of carboxylic acid groups (broad SMARTS) is 1. The Labute approximate surface area is 102 Å². The lowest BCUT2D eigenvalue weighted by atomic mass is 10.2. The van der Waals surface area contributed by atoms with Crippen LogP contribution in [-0.4, -0.2) is 20.5 Å². The Balaban J connectivity index is 2.78. The molecule has 0 fully saturated rings. The molecule has 3 nitrogen and oxygen atoms in total. The second-order valence-corrected chi connectivity index (χ2v) is 5.38. The van der Waals surface area contributed by atoms with Crippen molar-refractivity contribution in [3.63, 3.8) is 0 Å². The van der Waals surface area contributed by atoms with Crippen LogP contribution in [0.1, 0.15) is 18.9 Å². The van der Waals surface area contributed by atoms with E-state index in [9.17, 15) is 9.00 Å². The quantitative estimate of drug-likeness (QED) is 0.885. The first kappa shape index (κ1) is 13.2. The Hall–Kier alpha value is -0.870. The Kier molecular flexibility index (Phi) is 4.96. The zero-order chi connectivity index (χ0) is 12.1. The second kappa shape index (κ2) is 6.01. The van der Waals surface area contributed by atoms with E-state index in [4.69, 9.17) is 16.7 Å². The molecule has 2 atom stereocenters. The molecule has 16 heavy (non-hydrogen) atoms. The van der Waals surface area contributed by atoms with E-state index in [2.05, 4.69) is 0 Å². The zero-order valence-corrected chi connectivity index (χ0v) is 10.4. The maximum Gasteiger partial charge on any atom is 0.319 e. The van der Waals surface area contributed by atoms with E-state index in [0.717, 1.165) is 5.56 Å². The highest BCUT2D eigenvalue weighted by Crippen LogP contribution is 2.18. The van der Waals surface area contributed by atoms with Crippen molar-refractivity contribution in [2.75, 3.05) is 0 Å². The van der Waals surface area contributed by atoms with Gasteiger partial charge in [-0.25, -0.2) is 0 Å². The molecule has 0 aromatic heterocycles. The molecule has 0 saturated heterocycles. The Morgan fingerprint density at radius 3 is 2.62 bits per heavy atom. The number of aliphatic carboxylic acids is 1. The normalized spacial score (nSPS) is 14.4. The van der Waals surface area contributed by atoms with Gasteiger partial charge < -0.3 is 5.11 Å². The minimum atomic E-state index is -1.43. The lowest BCUT2D eigenvalue weighted by molar-refractivity contribution is -0.136. The number of halogens is 1. The maximum absolute atomic E-state index is 11.8. The second-order valence-electron chi connectivity index (χ2n) is 3.35. The number of benzene rings is 1. The molecular weight excluding hydrogens is 248 g/mol. The van der Waals surface area contributed by atoms with Crippen molar-refractivity contribution in [1.82, 2.24) is 0 Å². The lowest BCUT2D eigenvalue weighted by Gasteiger charge is -2.10. The highest BCUT2D eigenvalue weighted by atomic mass is 35.5. The molecule has 0 spiro atoms. The summed E-state index contributed by atoms with van der Waals surface area (Å²) in [5.74, 6) is -0.835. The van der Waals surface area contributed by atoms with Gasteiger partial charge in [-0.3, -0.25) is 9.00 Å². The van der Waals surface area contributed by atoms with E-state index in [0.29, 0.717) is 11.4 Å². The molecule has 1 N–H and O–H groups in total. The monoisotopic (exact) mass is 260 g/mol. The van der Waals surface area contributed by atoms with Gasteiger partial charge in [-0.05, 0) is 18.1 Å². The molecule has 2 unspecified atom stereocenters. The van der Waals surface area contributed by atoms with Crippen molar-refractivity contribution < 1.29 is 14.1 Å². The largest absolute Gasteiger partial charge is 0.480 e. The number of hydrogen-bond acceptors (Lipinski definition) is 2. The van der Waals surface area contributed by atoms with Crippen LogP contribution in [0.3, 0.4) is 0 Å². The van der Waals surface area contributed by atoms with Gasteiger partial charge in [0.1, 0.15) is 5.25 Å². The number of carbonyl (C=O) groups is 1. The van der Waals surface area contributed by atoms with Crippen LogP contribution in [0.2, 0.25) is 5.02 Å². The van der Waals surface area contributed by atoms with Crippen molar-refractivity contribution in [3.05, 3.63) is 34.9 Å². The molecule has 5 heteroatoms. The van der Waals surface area contributed by atoms with Crippen molar-refractivity contribution in [1.29, 1.82) is 0 Å². The summed E-state index contributed by atoms with van der Waals surface area (Å²) in [4.78, 5) is 10.8. The molecule has 1 aromatic carbocycles. The summed E-state index contributed by atoms with van der Waals surface area (Å²) in [6, 6.07) is 7.04. The maximum atomic E-state index is 11.8. The Morgan fingerprint density at radius 2 is 2.12 bits per heavy atom. The highest BCUT2D eigenvalue weighted by molar-refractivity contribution is 7.85. The van der Waals surface area contributed by atoms with Crippen LogP contribution in [0.25, 0.3) is 0 Å². The Morgan fingerprint density at radius 1 is 1.50 bits per heavy atom. The van der Waals surface area contributed by atoms with Gasteiger partial charge in [0, 0.05) is 15.8 Å². The predicted molar refractivity (Wildman–Crippen MR) is 65.0 cm³/mol. The van der Waals surface area contributed by atoms with E-state index in [-0.39, 0.29) is 5.75 Å². The van der Waals surface area contributed by atoms with E-state index < -0.39 is 22.0 Å². The van der Waals surface area contributed by atoms with E-state index in [1.165, 1.54) is 0 Å². The summed E-state index contributed by atoms with van der Waals surface area (Å²) in [6.45, 7) is 1.71. The highest BCUT2D eigenvalue weighted by Gasteiger charge is 2.22. The average Bonchev–Trinajstić information content (AvgIpc) is 2.22. The molecule has 0 bridgehead atoms. The van der Waals surface area contributed by atoms with Crippen molar-refractivity contribution in [3.8, 4) is 0 Å². The minimum Gasteiger partial charge on any atom is -0.480 e. The average molecular weight is 261 g/mol. The molecule has 0 amide bonds. The summed E-state index contributed by atoms with van der Waals surface area (Å²) in [5, 5.41) is 8.57.